The number of carbonyl (C=O) groups is 1. The normalized spacial score (nSPS) is 17.7. The van der Waals surface area contributed by atoms with E-state index in [0.29, 0.717) is 0 Å². The van der Waals surface area contributed by atoms with Crippen molar-refractivity contribution in [2.45, 2.75) is 38.3 Å². The molecule has 0 saturated carbocycles. The molecule has 2 atom stereocenters. The number of hydrogen-bond donors (Lipinski definition) is 1. The van der Waals surface area contributed by atoms with Crippen molar-refractivity contribution < 1.29 is 13.6 Å². The summed E-state index contributed by atoms with van der Waals surface area (Å²) >= 11 is 0. The summed E-state index contributed by atoms with van der Waals surface area (Å²) in [5, 5.41) is 7.26. The number of benzene rings is 1. The van der Waals surface area contributed by atoms with E-state index >= 15 is 0 Å². The van der Waals surface area contributed by atoms with Crippen LogP contribution in [0.15, 0.2) is 24.4 Å². The maximum Gasteiger partial charge on any atom is 0.318 e. The summed E-state index contributed by atoms with van der Waals surface area (Å²) in [5.41, 5.74) is 2.31. The van der Waals surface area contributed by atoms with Crippen LogP contribution in [0.25, 0.3) is 0 Å². The zero-order valence-corrected chi connectivity index (χ0v) is 14.6. The van der Waals surface area contributed by atoms with Gasteiger partial charge >= 0.3 is 6.03 Å². The average Bonchev–Trinajstić information content (AvgIpc) is 2.98. The van der Waals surface area contributed by atoms with Crippen molar-refractivity contribution in [2.75, 3.05) is 7.05 Å². The molecule has 2 aromatic rings. The van der Waals surface area contributed by atoms with Crippen LogP contribution < -0.4 is 5.32 Å². The standard InChI is InChI=1S/C18H22F2N4O/c1-11(13-9-12(19)7-8-15(13)20)23(2)18(25)22-16-5-4-6-17-14(16)10-21-24(17)3/h7-11,16H,4-6H2,1-3H3,(H,22,25)/t11-,16+/m0/s1. The minimum atomic E-state index is -0.590. The monoisotopic (exact) mass is 348 g/mol. The number of nitrogens with one attached hydrogen (secondary N) is 1. The van der Waals surface area contributed by atoms with Crippen LogP contribution in [0, 0.1) is 11.6 Å². The number of aromatic nitrogens is 2. The van der Waals surface area contributed by atoms with Gasteiger partial charge in [0.15, 0.2) is 0 Å². The lowest BCUT2D eigenvalue weighted by molar-refractivity contribution is 0.188. The molecule has 1 heterocycles. The Labute approximate surface area is 145 Å². The van der Waals surface area contributed by atoms with Gasteiger partial charge < -0.3 is 10.2 Å². The van der Waals surface area contributed by atoms with Gasteiger partial charge in [0, 0.05) is 30.9 Å². The lowest BCUT2D eigenvalue weighted by Crippen LogP contribution is -2.41. The molecular formula is C18H22F2N4O. The van der Waals surface area contributed by atoms with Crippen LogP contribution in [0.2, 0.25) is 0 Å². The van der Waals surface area contributed by atoms with E-state index in [1.165, 1.54) is 4.90 Å². The second-order valence-corrected chi connectivity index (χ2v) is 6.52. The smallest absolute Gasteiger partial charge is 0.318 e. The van der Waals surface area contributed by atoms with Gasteiger partial charge in [-0.15, -0.1) is 0 Å². The number of nitrogens with zero attached hydrogens (tertiary/aromatic N) is 3. The summed E-state index contributed by atoms with van der Waals surface area (Å²) in [6, 6.07) is 2.25. The summed E-state index contributed by atoms with van der Waals surface area (Å²) < 4.78 is 29.2. The summed E-state index contributed by atoms with van der Waals surface area (Å²) in [6.45, 7) is 1.67. The highest BCUT2D eigenvalue weighted by Crippen LogP contribution is 2.30. The second-order valence-electron chi connectivity index (χ2n) is 6.52. The molecule has 1 N–H and O–H groups in total. The fraction of sp³-hybridized carbons (Fsp3) is 0.444. The van der Waals surface area contributed by atoms with Gasteiger partial charge in [-0.3, -0.25) is 4.68 Å². The first-order valence-electron chi connectivity index (χ1n) is 8.37. The summed E-state index contributed by atoms with van der Waals surface area (Å²) in [4.78, 5) is 14.0. The van der Waals surface area contributed by atoms with Crippen LogP contribution in [0.1, 0.15) is 48.7 Å². The summed E-state index contributed by atoms with van der Waals surface area (Å²) in [5.74, 6) is -1.05. The molecule has 25 heavy (non-hydrogen) atoms. The van der Waals surface area contributed by atoms with E-state index in [0.717, 1.165) is 48.7 Å². The Hall–Kier alpha value is -2.44. The Kier molecular flexibility index (Phi) is 4.74. The molecular weight excluding hydrogens is 326 g/mol. The average molecular weight is 348 g/mol. The minimum absolute atomic E-state index is 0.114. The number of carbonyl (C=O) groups excluding carboxylic acids is 1. The van der Waals surface area contributed by atoms with Gasteiger partial charge in [-0.1, -0.05) is 0 Å². The van der Waals surface area contributed by atoms with Gasteiger partial charge in [0.2, 0.25) is 0 Å². The highest BCUT2D eigenvalue weighted by Gasteiger charge is 2.27. The minimum Gasteiger partial charge on any atom is -0.331 e. The van der Waals surface area contributed by atoms with Crippen molar-refractivity contribution in [1.29, 1.82) is 0 Å². The van der Waals surface area contributed by atoms with Gasteiger partial charge in [0.1, 0.15) is 11.6 Å². The van der Waals surface area contributed by atoms with Crippen molar-refractivity contribution in [1.82, 2.24) is 20.0 Å². The molecule has 1 aliphatic carbocycles. The molecule has 0 unspecified atom stereocenters. The zero-order valence-electron chi connectivity index (χ0n) is 14.6. The van der Waals surface area contributed by atoms with Crippen molar-refractivity contribution in [2.24, 2.45) is 7.05 Å². The molecule has 7 heteroatoms. The van der Waals surface area contributed by atoms with Gasteiger partial charge in [0.05, 0.1) is 18.3 Å². The molecule has 0 aliphatic heterocycles. The first-order chi connectivity index (χ1) is 11.9. The Morgan fingerprint density at radius 1 is 1.44 bits per heavy atom. The van der Waals surface area contributed by atoms with E-state index in [9.17, 15) is 13.6 Å². The van der Waals surface area contributed by atoms with E-state index in [1.54, 1.807) is 20.2 Å². The lowest BCUT2D eigenvalue weighted by Gasteiger charge is -2.30. The van der Waals surface area contributed by atoms with E-state index < -0.39 is 17.7 Å². The number of aryl methyl sites for hydroxylation is 1. The quantitative estimate of drug-likeness (QED) is 0.923. The largest absolute Gasteiger partial charge is 0.331 e. The van der Waals surface area contributed by atoms with Crippen molar-refractivity contribution in [3.05, 3.63) is 52.9 Å². The van der Waals surface area contributed by atoms with E-state index in [4.69, 9.17) is 0 Å². The Morgan fingerprint density at radius 3 is 2.96 bits per heavy atom. The summed E-state index contributed by atoms with van der Waals surface area (Å²) in [7, 11) is 3.47. The SMILES string of the molecule is C[C@@H](c1cc(F)ccc1F)N(C)C(=O)N[C@@H]1CCCc2c1cnn2C. The maximum absolute atomic E-state index is 14.0. The van der Waals surface area contributed by atoms with Crippen molar-refractivity contribution >= 4 is 6.03 Å². The highest BCUT2D eigenvalue weighted by molar-refractivity contribution is 5.75. The number of fused-ring (bicyclic) bond motifs is 1. The molecule has 1 aliphatic rings. The third kappa shape index (κ3) is 3.36. The molecule has 0 spiro atoms. The van der Waals surface area contributed by atoms with Crippen molar-refractivity contribution in [3.63, 3.8) is 0 Å². The predicted octanol–water partition coefficient (Wildman–Crippen LogP) is 3.48. The molecule has 0 radical (unpaired) electrons. The first kappa shape index (κ1) is 17.4. The fourth-order valence-electron chi connectivity index (χ4n) is 3.33. The molecule has 3 rings (SSSR count). The Morgan fingerprint density at radius 2 is 2.20 bits per heavy atom. The third-order valence-electron chi connectivity index (χ3n) is 4.98. The van der Waals surface area contributed by atoms with Crippen LogP contribution in [0.4, 0.5) is 13.6 Å². The van der Waals surface area contributed by atoms with Gasteiger partial charge in [-0.25, -0.2) is 13.6 Å². The van der Waals surface area contributed by atoms with Gasteiger partial charge in [0.25, 0.3) is 0 Å². The first-order valence-corrected chi connectivity index (χ1v) is 8.37. The van der Waals surface area contributed by atoms with E-state index in [1.807, 2.05) is 11.7 Å². The van der Waals surface area contributed by atoms with Gasteiger partial charge in [-0.05, 0) is 44.4 Å². The Balaban J connectivity index is 1.74. The number of halogens is 2. The third-order valence-corrected chi connectivity index (χ3v) is 4.98. The lowest BCUT2D eigenvalue weighted by atomic mass is 9.93. The molecule has 1 aromatic carbocycles. The molecule has 1 aromatic heterocycles. The Bertz CT molecular complexity index is 789. The highest BCUT2D eigenvalue weighted by atomic mass is 19.1. The molecule has 134 valence electrons. The van der Waals surface area contributed by atoms with Gasteiger partial charge in [-0.2, -0.15) is 5.10 Å². The van der Waals surface area contributed by atoms with Crippen LogP contribution in [-0.4, -0.2) is 27.8 Å². The molecule has 5 nitrogen and oxygen atoms in total. The van der Waals surface area contributed by atoms with Crippen LogP contribution >= 0.6 is 0 Å². The molecule has 0 saturated heterocycles. The van der Waals surface area contributed by atoms with Crippen LogP contribution in [-0.2, 0) is 13.5 Å². The molecule has 0 bridgehead atoms. The second kappa shape index (κ2) is 6.82. The van der Waals surface area contributed by atoms with Crippen LogP contribution in [0.5, 0.6) is 0 Å². The molecule has 2 amide bonds. The number of hydrogen-bond acceptors (Lipinski definition) is 2. The van der Waals surface area contributed by atoms with E-state index in [2.05, 4.69) is 10.4 Å². The van der Waals surface area contributed by atoms with Crippen LogP contribution in [0.3, 0.4) is 0 Å². The fourth-order valence-corrected chi connectivity index (χ4v) is 3.33. The predicted molar refractivity (Wildman–Crippen MR) is 90.0 cm³/mol. The van der Waals surface area contributed by atoms with Crippen molar-refractivity contribution in [3.8, 4) is 0 Å². The van der Waals surface area contributed by atoms with E-state index in [-0.39, 0.29) is 17.6 Å². The number of rotatable bonds is 3. The number of urea groups is 1. The summed E-state index contributed by atoms with van der Waals surface area (Å²) in [6.07, 6.45) is 4.53. The molecule has 0 fully saturated rings. The zero-order chi connectivity index (χ0) is 18.1. The topological polar surface area (TPSA) is 50.2 Å². The number of amides is 2. The maximum atomic E-state index is 14.0.